The van der Waals surface area contributed by atoms with Crippen LogP contribution in [0.25, 0.3) is 0 Å². The van der Waals surface area contributed by atoms with E-state index < -0.39 is 3.79 Å². The summed E-state index contributed by atoms with van der Waals surface area (Å²) in [7, 11) is 0. The van der Waals surface area contributed by atoms with Crippen LogP contribution in [0, 0.1) is 0 Å². The second-order valence-electron chi connectivity index (χ2n) is 1.69. The predicted molar refractivity (Wildman–Crippen MR) is 34.6 cm³/mol. The van der Waals surface area contributed by atoms with E-state index in [0.717, 1.165) is 13.0 Å². The van der Waals surface area contributed by atoms with Crippen molar-refractivity contribution in [2.45, 2.75) is 16.3 Å². The second-order valence-corrected chi connectivity index (χ2v) is 4.06. The van der Waals surface area contributed by atoms with Gasteiger partial charge in [-0.2, -0.15) is 0 Å². The Hall–Kier alpha value is 0.830. The topological polar surface area (TPSA) is 9.23 Å². The summed E-state index contributed by atoms with van der Waals surface area (Å²) in [4.78, 5) is 0. The average molecular weight is 175 g/mol. The molecule has 1 heterocycles. The summed E-state index contributed by atoms with van der Waals surface area (Å²) >= 11 is 16.3. The Labute approximate surface area is 62.9 Å². The lowest BCUT2D eigenvalue weighted by atomic mass is 10.2. The fraction of sp³-hybridized carbons (Fsp3) is 1.00. The number of halogens is 3. The third kappa shape index (κ3) is 1.41. The van der Waals surface area contributed by atoms with Crippen molar-refractivity contribution in [3.05, 3.63) is 0 Å². The molecule has 1 unspecified atom stereocenters. The van der Waals surface area contributed by atoms with Crippen molar-refractivity contribution in [1.29, 1.82) is 0 Å². The zero-order chi connectivity index (χ0) is 6.20. The van der Waals surface area contributed by atoms with Gasteiger partial charge in [0, 0.05) is 13.0 Å². The molecule has 1 aliphatic rings. The van der Waals surface area contributed by atoms with E-state index in [1.54, 1.807) is 0 Å². The lowest BCUT2D eigenvalue weighted by molar-refractivity contribution is -0.0471. The van der Waals surface area contributed by atoms with E-state index in [0.29, 0.717) is 0 Å². The summed E-state index contributed by atoms with van der Waals surface area (Å²) in [6.45, 7) is 0.721. The molecule has 1 aliphatic heterocycles. The molecule has 1 rings (SSSR count). The summed E-state index contributed by atoms with van der Waals surface area (Å²) in [5.74, 6) is 0. The van der Waals surface area contributed by atoms with E-state index in [1.165, 1.54) is 0 Å². The average Bonchev–Trinajstić information content (AvgIpc) is 1.16. The van der Waals surface area contributed by atoms with E-state index in [2.05, 4.69) is 0 Å². The molecule has 48 valence electrons. The summed E-state index contributed by atoms with van der Waals surface area (Å²) < 4.78 is 3.69. The van der Waals surface area contributed by atoms with Crippen LogP contribution in [0.3, 0.4) is 0 Å². The fourth-order valence-electron chi connectivity index (χ4n) is 0.494. The molecule has 0 aromatic heterocycles. The number of rotatable bonds is 0. The molecule has 1 saturated heterocycles. The first-order valence-electron chi connectivity index (χ1n) is 2.29. The van der Waals surface area contributed by atoms with Crippen molar-refractivity contribution in [1.82, 2.24) is 0 Å². The summed E-state index contributed by atoms with van der Waals surface area (Å²) in [6.07, 6.45) is 0.684. The van der Waals surface area contributed by atoms with E-state index >= 15 is 0 Å². The van der Waals surface area contributed by atoms with E-state index in [9.17, 15) is 0 Å². The molecule has 0 bridgehead atoms. The van der Waals surface area contributed by atoms with Gasteiger partial charge in [-0.15, -0.1) is 0 Å². The highest BCUT2D eigenvalue weighted by Crippen LogP contribution is 2.37. The first kappa shape index (κ1) is 6.94. The first-order chi connectivity index (χ1) is 3.61. The largest absolute Gasteiger partial charge is 0.374 e. The highest BCUT2D eigenvalue weighted by Gasteiger charge is 2.37. The minimum Gasteiger partial charge on any atom is -0.374 e. The molecule has 0 N–H and O–H groups in total. The molecule has 0 amide bonds. The zero-order valence-corrected chi connectivity index (χ0v) is 6.30. The van der Waals surface area contributed by atoms with Gasteiger partial charge in [-0.25, -0.2) is 0 Å². The number of alkyl halides is 3. The minimum atomic E-state index is -1.21. The van der Waals surface area contributed by atoms with Crippen molar-refractivity contribution < 1.29 is 4.74 Å². The third-order valence-electron chi connectivity index (χ3n) is 1.06. The lowest BCUT2D eigenvalue weighted by Crippen LogP contribution is -2.38. The van der Waals surface area contributed by atoms with E-state index in [1.807, 2.05) is 0 Å². The molecule has 1 atom stereocenters. The molecule has 8 heavy (non-hydrogen) atoms. The standard InChI is InChI=1S/C4H5Cl3O/c5-4(6,7)3-1-2-8-3/h3H,1-2H2. The first-order valence-corrected chi connectivity index (χ1v) is 3.42. The molecule has 0 aromatic rings. The smallest absolute Gasteiger partial charge is 0.216 e. The number of ether oxygens (including phenoxy) is 1. The highest BCUT2D eigenvalue weighted by molar-refractivity contribution is 6.68. The summed E-state index contributed by atoms with van der Waals surface area (Å²) in [5, 5.41) is 0. The van der Waals surface area contributed by atoms with Crippen LogP contribution in [0.2, 0.25) is 0 Å². The Morgan fingerprint density at radius 2 is 1.88 bits per heavy atom. The van der Waals surface area contributed by atoms with Gasteiger partial charge in [0.1, 0.15) is 6.10 Å². The molecular formula is C4H5Cl3O. The van der Waals surface area contributed by atoms with Crippen molar-refractivity contribution in [2.75, 3.05) is 6.61 Å². The van der Waals surface area contributed by atoms with E-state index in [4.69, 9.17) is 39.5 Å². The van der Waals surface area contributed by atoms with Crippen LogP contribution in [-0.4, -0.2) is 16.5 Å². The van der Waals surface area contributed by atoms with E-state index in [-0.39, 0.29) is 6.10 Å². The molecule has 0 aliphatic carbocycles. The van der Waals surface area contributed by atoms with Crippen molar-refractivity contribution in [2.24, 2.45) is 0 Å². The number of hydrogen-bond acceptors (Lipinski definition) is 1. The molecule has 0 radical (unpaired) electrons. The van der Waals surface area contributed by atoms with Gasteiger partial charge >= 0.3 is 0 Å². The van der Waals surface area contributed by atoms with Crippen LogP contribution in [0.15, 0.2) is 0 Å². The third-order valence-corrected chi connectivity index (χ3v) is 1.79. The summed E-state index contributed by atoms with van der Waals surface area (Å²) in [5.41, 5.74) is 0. The van der Waals surface area contributed by atoms with Crippen molar-refractivity contribution in [3.63, 3.8) is 0 Å². The molecule has 4 heteroatoms. The maximum Gasteiger partial charge on any atom is 0.216 e. The van der Waals surface area contributed by atoms with Gasteiger partial charge in [-0.3, -0.25) is 0 Å². The van der Waals surface area contributed by atoms with Gasteiger partial charge in [0.2, 0.25) is 3.79 Å². The Bertz CT molecular complexity index is 83.8. The molecule has 1 nitrogen and oxygen atoms in total. The van der Waals surface area contributed by atoms with Crippen LogP contribution in [0.5, 0.6) is 0 Å². The maximum atomic E-state index is 5.44. The van der Waals surface area contributed by atoms with Crippen molar-refractivity contribution in [3.8, 4) is 0 Å². The van der Waals surface area contributed by atoms with Crippen LogP contribution in [-0.2, 0) is 4.74 Å². The highest BCUT2D eigenvalue weighted by atomic mass is 35.6. The van der Waals surface area contributed by atoms with Gasteiger partial charge in [0.25, 0.3) is 0 Å². The van der Waals surface area contributed by atoms with Gasteiger partial charge in [0.05, 0.1) is 0 Å². The maximum absolute atomic E-state index is 5.44. The van der Waals surface area contributed by atoms with Crippen molar-refractivity contribution >= 4 is 34.8 Å². The SMILES string of the molecule is ClC(Cl)(Cl)C1CCO1. The van der Waals surface area contributed by atoms with Crippen LogP contribution >= 0.6 is 34.8 Å². The predicted octanol–water partition coefficient (Wildman–Crippen LogP) is 2.15. The second kappa shape index (κ2) is 2.22. The molecular weight excluding hydrogens is 170 g/mol. The number of hydrogen-bond donors (Lipinski definition) is 0. The Morgan fingerprint density at radius 3 is 1.88 bits per heavy atom. The van der Waals surface area contributed by atoms with Gasteiger partial charge in [-0.05, 0) is 0 Å². The Balaban J connectivity index is 2.34. The lowest BCUT2D eigenvalue weighted by Gasteiger charge is -2.31. The molecule has 0 saturated carbocycles. The van der Waals surface area contributed by atoms with Crippen LogP contribution < -0.4 is 0 Å². The van der Waals surface area contributed by atoms with Crippen LogP contribution in [0.4, 0.5) is 0 Å². The summed E-state index contributed by atoms with van der Waals surface area (Å²) in [6, 6.07) is 0. The molecule has 0 spiro atoms. The fourth-order valence-corrected chi connectivity index (χ4v) is 1.01. The van der Waals surface area contributed by atoms with Gasteiger partial charge < -0.3 is 4.74 Å². The normalized spacial score (nSPS) is 29.6. The minimum absolute atomic E-state index is 0.174. The molecule has 0 aromatic carbocycles. The van der Waals surface area contributed by atoms with Gasteiger partial charge in [-0.1, -0.05) is 34.8 Å². The quantitative estimate of drug-likeness (QED) is 0.513. The zero-order valence-electron chi connectivity index (χ0n) is 4.03. The Morgan fingerprint density at radius 1 is 1.38 bits per heavy atom. The Kier molecular flexibility index (Phi) is 1.93. The van der Waals surface area contributed by atoms with Gasteiger partial charge in [0.15, 0.2) is 0 Å². The van der Waals surface area contributed by atoms with Crippen LogP contribution in [0.1, 0.15) is 6.42 Å². The molecule has 1 fully saturated rings. The monoisotopic (exact) mass is 174 g/mol.